The van der Waals surface area contributed by atoms with Crippen LogP contribution in [-0.2, 0) is 28.5 Å². The number of hydrogen-bond acceptors (Lipinski definition) is 7. The number of methoxy groups -OCH3 is 1. The zero-order chi connectivity index (χ0) is 17.2. The molecule has 0 aromatic heterocycles. The molecule has 1 rings (SSSR count). The third-order valence-corrected chi connectivity index (χ3v) is 3.17. The smallest absolute Gasteiger partial charge is 0.337 e. The Morgan fingerprint density at radius 2 is 1.48 bits per heavy atom. The fourth-order valence-electron chi connectivity index (χ4n) is 2.22. The molecule has 1 saturated heterocycles. The first-order valence-electron chi connectivity index (χ1n) is 7.19. The third-order valence-electron chi connectivity index (χ3n) is 3.17. The van der Waals surface area contributed by atoms with Gasteiger partial charge in [-0.05, 0) is 0 Å². The summed E-state index contributed by atoms with van der Waals surface area (Å²) in [5, 5.41) is 10.2. The standard InChI is InChI=1S/C16H24O7/c1-5-8-20-11-12(21-9-6-2)14(15(17)19-4)23-16(18)13(11)22-10-7-3/h5-7,11-14,16,18H,1-3,8-10H2,4H3/t11-,12-,13+,14-,16?/m0/s1. The lowest BCUT2D eigenvalue weighted by molar-refractivity contribution is -0.299. The average Bonchev–Trinajstić information content (AvgIpc) is 2.56. The van der Waals surface area contributed by atoms with E-state index in [0.717, 1.165) is 0 Å². The molecule has 0 bridgehead atoms. The van der Waals surface area contributed by atoms with Crippen molar-refractivity contribution in [2.75, 3.05) is 26.9 Å². The summed E-state index contributed by atoms with van der Waals surface area (Å²) in [6.45, 7) is 11.2. The van der Waals surface area contributed by atoms with E-state index in [4.69, 9.17) is 23.7 Å². The zero-order valence-corrected chi connectivity index (χ0v) is 13.3. The van der Waals surface area contributed by atoms with Crippen molar-refractivity contribution in [3.05, 3.63) is 38.0 Å². The Hall–Kier alpha value is -1.51. The minimum atomic E-state index is -1.38. The van der Waals surface area contributed by atoms with Crippen molar-refractivity contribution in [2.45, 2.75) is 30.7 Å². The van der Waals surface area contributed by atoms with Gasteiger partial charge < -0.3 is 28.8 Å². The second-order valence-corrected chi connectivity index (χ2v) is 4.73. The maximum absolute atomic E-state index is 11.9. The van der Waals surface area contributed by atoms with Gasteiger partial charge in [0.25, 0.3) is 0 Å². The first kappa shape index (κ1) is 19.5. The van der Waals surface area contributed by atoms with Gasteiger partial charge in [0, 0.05) is 0 Å². The normalized spacial score (nSPS) is 30.4. The van der Waals surface area contributed by atoms with Gasteiger partial charge >= 0.3 is 5.97 Å². The molecule has 7 heteroatoms. The van der Waals surface area contributed by atoms with Gasteiger partial charge in [-0.25, -0.2) is 4.79 Å². The lowest BCUT2D eigenvalue weighted by Crippen LogP contribution is -2.62. The van der Waals surface area contributed by atoms with E-state index >= 15 is 0 Å². The minimum Gasteiger partial charge on any atom is -0.467 e. The highest BCUT2D eigenvalue weighted by Gasteiger charge is 2.50. The quantitative estimate of drug-likeness (QED) is 0.464. The van der Waals surface area contributed by atoms with E-state index in [9.17, 15) is 9.90 Å². The summed E-state index contributed by atoms with van der Waals surface area (Å²) in [4.78, 5) is 11.9. The number of rotatable bonds is 10. The van der Waals surface area contributed by atoms with E-state index in [1.54, 1.807) is 6.08 Å². The molecule has 7 nitrogen and oxygen atoms in total. The van der Waals surface area contributed by atoms with Crippen LogP contribution in [0.4, 0.5) is 0 Å². The summed E-state index contributed by atoms with van der Waals surface area (Å²) in [5.41, 5.74) is 0. The van der Waals surface area contributed by atoms with E-state index in [1.165, 1.54) is 19.3 Å². The van der Waals surface area contributed by atoms with Crippen molar-refractivity contribution >= 4 is 5.97 Å². The van der Waals surface area contributed by atoms with Crippen LogP contribution in [0, 0.1) is 0 Å². The van der Waals surface area contributed by atoms with Crippen molar-refractivity contribution in [1.82, 2.24) is 0 Å². The van der Waals surface area contributed by atoms with Crippen LogP contribution in [0.15, 0.2) is 38.0 Å². The van der Waals surface area contributed by atoms with E-state index < -0.39 is 36.7 Å². The molecule has 1 aliphatic rings. The molecule has 1 N–H and O–H groups in total. The summed E-state index contributed by atoms with van der Waals surface area (Å²) < 4.78 is 26.8. The van der Waals surface area contributed by atoms with Gasteiger partial charge in [0.05, 0.1) is 26.9 Å². The number of esters is 1. The molecule has 1 heterocycles. The molecule has 0 aromatic carbocycles. The highest BCUT2D eigenvalue weighted by Crippen LogP contribution is 2.28. The van der Waals surface area contributed by atoms with Gasteiger partial charge in [0.2, 0.25) is 0 Å². The highest BCUT2D eigenvalue weighted by molar-refractivity contribution is 5.75. The SMILES string of the molecule is C=CCO[C@H]1[C@H](OCC=C)[C@@H](OCC=C)C(O)O[C@@H]1C(=O)OC. The lowest BCUT2D eigenvalue weighted by Gasteiger charge is -2.43. The largest absolute Gasteiger partial charge is 0.467 e. The van der Waals surface area contributed by atoms with E-state index in [2.05, 4.69) is 19.7 Å². The van der Waals surface area contributed by atoms with Crippen LogP contribution in [-0.4, -0.2) is 68.7 Å². The Labute approximate surface area is 136 Å². The Morgan fingerprint density at radius 1 is 1.00 bits per heavy atom. The lowest BCUT2D eigenvalue weighted by atomic mass is 9.98. The Kier molecular flexibility index (Phi) is 8.75. The molecule has 0 aromatic rings. The molecule has 5 atom stereocenters. The number of aliphatic hydroxyl groups excluding tert-OH is 1. The van der Waals surface area contributed by atoms with Crippen LogP contribution < -0.4 is 0 Å². The van der Waals surface area contributed by atoms with Gasteiger partial charge in [-0.2, -0.15) is 0 Å². The number of carbonyl (C=O) groups is 1. The van der Waals surface area contributed by atoms with Crippen LogP contribution in [0.3, 0.4) is 0 Å². The summed E-state index contributed by atoms with van der Waals surface area (Å²) in [5.74, 6) is -0.674. The van der Waals surface area contributed by atoms with Crippen LogP contribution in [0.5, 0.6) is 0 Å². The molecule has 1 fully saturated rings. The van der Waals surface area contributed by atoms with Crippen molar-refractivity contribution < 1.29 is 33.6 Å². The second-order valence-electron chi connectivity index (χ2n) is 4.73. The molecule has 0 spiro atoms. The number of aliphatic hydroxyl groups is 1. The Morgan fingerprint density at radius 3 is 1.96 bits per heavy atom. The molecule has 1 unspecified atom stereocenters. The van der Waals surface area contributed by atoms with E-state index in [-0.39, 0.29) is 19.8 Å². The van der Waals surface area contributed by atoms with Crippen LogP contribution >= 0.6 is 0 Å². The Bertz CT molecular complexity index is 409. The van der Waals surface area contributed by atoms with Gasteiger partial charge in [-0.15, -0.1) is 19.7 Å². The van der Waals surface area contributed by atoms with Gasteiger partial charge in [0.1, 0.15) is 18.3 Å². The summed E-state index contributed by atoms with van der Waals surface area (Å²) in [6, 6.07) is 0. The van der Waals surface area contributed by atoms with Gasteiger partial charge in [-0.1, -0.05) is 18.2 Å². The number of ether oxygens (including phenoxy) is 5. The highest BCUT2D eigenvalue weighted by atomic mass is 16.7. The minimum absolute atomic E-state index is 0.166. The maximum atomic E-state index is 11.9. The van der Waals surface area contributed by atoms with E-state index in [0.29, 0.717) is 0 Å². The van der Waals surface area contributed by atoms with Crippen molar-refractivity contribution in [2.24, 2.45) is 0 Å². The Balaban J connectivity index is 3.05. The van der Waals surface area contributed by atoms with Crippen LogP contribution in [0.1, 0.15) is 0 Å². The molecular weight excluding hydrogens is 304 g/mol. The second kappa shape index (κ2) is 10.3. The van der Waals surface area contributed by atoms with E-state index in [1.807, 2.05) is 0 Å². The summed E-state index contributed by atoms with van der Waals surface area (Å²) >= 11 is 0. The molecule has 0 amide bonds. The first-order valence-corrected chi connectivity index (χ1v) is 7.19. The fourth-order valence-corrected chi connectivity index (χ4v) is 2.22. The molecule has 0 radical (unpaired) electrons. The topological polar surface area (TPSA) is 83.5 Å². The van der Waals surface area contributed by atoms with Crippen molar-refractivity contribution in [1.29, 1.82) is 0 Å². The summed E-state index contributed by atoms with van der Waals surface area (Å²) in [6.07, 6.45) is -0.370. The number of hydrogen-bond donors (Lipinski definition) is 1. The average molecular weight is 328 g/mol. The summed E-state index contributed by atoms with van der Waals surface area (Å²) in [7, 11) is 1.22. The monoisotopic (exact) mass is 328 g/mol. The van der Waals surface area contributed by atoms with Crippen LogP contribution in [0.25, 0.3) is 0 Å². The van der Waals surface area contributed by atoms with Gasteiger partial charge in [-0.3, -0.25) is 0 Å². The van der Waals surface area contributed by atoms with Crippen LogP contribution in [0.2, 0.25) is 0 Å². The van der Waals surface area contributed by atoms with Gasteiger partial charge in [0.15, 0.2) is 12.4 Å². The predicted molar refractivity (Wildman–Crippen MR) is 82.7 cm³/mol. The molecule has 130 valence electrons. The zero-order valence-electron chi connectivity index (χ0n) is 13.3. The third kappa shape index (κ3) is 5.26. The molecule has 1 aliphatic heterocycles. The van der Waals surface area contributed by atoms with Crippen molar-refractivity contribution in [3.63, 3.8) is 0 Å². The van der Waals surface area contributed by atoms with Crippen molar-refractivity contribution in [3.8, 4) is 0 Å². The molecule has 23 heavy (non-hydrogen) atoms. The maximum Gasteiger partial charge on any atom is 0.337 e. The first-order chi connectivity index (χ1) is 11.1. The number of carbonyl (C=O) groups excluding carboxylic acids is 1. The predicted octanol–water partition coefficient (Wildman–Crippen LogP) is 0.590. The fraction of sp³-hybridized carbons (Fsp3) is 0.562. The molecule has 0 saturated carbocycles. The molecule has 0 aliphatic carbocycles. The molecular formula is C16H24O7.